The minimum atomic E-state index is 0.0965. The molecule has 4 rings (SSSR count). The minimum absolute atomic E-state index is 0.0965. The lowest BCUT2D eigenvalue weighted by atomic mass is 9.82. The molecule has 0 bridgehead atoms. The Balaban J connectivity index is 1.96. The molecule has 2 nitrogen and oxygen atoms in total. The number of hydrogen-bond donors (Lipinski definition) is 1. The largest absolute Gasteiger partial charge is 0.457 e. The first-order valence-electron chi connectivity index (χ1n) is 7.14. The number of para-hydroxylation sites is 2. The molecule has 1 heterocycles. The Bertz CT molecular complexity index is 814. The van der Waals surface area contributed by atoms with Gasteiger partial charge in [0.2, 0.25) is 0 Å². The van der Waals surface area contributed by atoms with Gasteiger partial charge in [-0.15, -0.1) is 0 Å². The molecule has 0 atom stereocenters. The van der Waals surface area contributed by atoms with Gasteiger partial charge in [0.15, 0.2) is 0 Å². The summed E-state index contributed by atoms with van der Waals surface area (Å²) in [5.74, 6) is 1.87. The summed E-state index contributed by atoms with van der Waals surface area (Å²) in [7, 11) is 0. The number of hydrogen-bond acceptors (Lipinski definition) is 2. The predicted octanol–water partition coefficient (Wildman–Crippen LogP) is 5.21. The van der Waals surface area contributed by atoms with Crippen molar-refractivity contribution in [3.63, 3.8) is 0 Å². The second kappa shape index (κ2) is 5.08. The van der Waals surface area contributed by atoms with Crippen molar-refractivity contribution in [1.29, 1.82) is 0 Å². The normalized spacial score (nSPS) is 13.1. The lowest BCUT2D eigenvalue weighted by Crippen LogP contribution is -2.11. The van der Waals surface area contributed by atoms with Crippen LogP contribution in [0.25, 0.3) is 0 Å². The van der Waals surface area contributed by atoms with Crippen molar-refractivity contribution in [2.45, 2.75) is 5.92 Å². The molecular weight excluding hydrogens is 294 g/mol. The molecule has 3 aromatic rings. The second-order valence-electron chi connectivity index (χ2n) is 5.39. The van der Waals surface area contributed by atoms with Crippen LogP contribution in [0, 0.1) is 0 Å². The van der Waals surface area contributed by atoms with E-state index in [1.807, 2.05) is 54.6 Å². The van der Waals surface area contributed by atoms with Crippen LogP contribution in [0.5, 0.6) is 11.5 Å². The summed E-state index contributed by atoms with van der Waals surface area (Å²) < 4.78 is 6.03. The third-order valence-corrected chi connectivity index (χ3v) is 4.37. The van der Waals surface area contributed by atoms with E-state index in [1.54, 1.807) is 0 Å². The SMILES string of the molecule is Nc1ccc(C2c3ccccc3Oc3ccccc32)cc1Cl. The van der Waals surface area contributed by atoms with E-state index in [4.69, 9.17) is 22.1 Å². The van der Waals surface area contributed by atoms with E-state index < -0.39 is 0 Å². The summed E-state index contributed by atoms with van der Waals surface area (Å²) in [5.41, 5.74) is 9.84. The molecule has 0 aromatic heterocycles. The Morgan fingerprint density at radius 3 is 2.00 bits per heavy atom. The number of halogens is 1. The molecule has 22 heavy (non-hydrogen) atoms. The van der Waals surface area contributed by atoms with E-state index >= 15 is 0 Å². The van der Waals surface area contributed by atoms with Gasteiger partial charge in [-0.3, -0.25) is 0 Å². The van der Waals surface area contributed by atoms with E-state index in [-0.39, 0.29) is 5.92 Å². The number of ether oxygens (including phenoxy) is 1. The third-order valence-electron chi connectivity index (χ3n) is 4.04. The quantitative estimate of drug-likeness (QED) is 0.490. The fourth-order valence-corrected chi connectivity index (χ4v) is 3.18. The van der Waals surface area contributed by atoms with E-state index in [2.05, 4.69) is 12.1 Å². The zero-order valence-corrected chi connectivity index (χ0v) is 12.5. The fourth-order valence-electron chi connectivity index (χ4n) is 2.99. The maximum atomic E-state index is 6.23. The van der Waals surface area contributed by atoms with Crippen LogP contribution in [-0.2, 0) is 0 Å². The maximum absolute atomic E-state index is 6.23. The molecule has 1 aliphatic heterocycles. The lowest BCUT2D eigenvalue weighted by Gasteiger charge is -2.28. The van der Waals surface area contributed by atoms with Crippen LogP contribution < -0.4 is 10.5 Å². The molecule has 0 saturated carbocycles. The molecule has 3 heteroatoms. The van der Waals surface area contributed by atoms with Crippen molar-refractivity contribution in [3.05, 3.63) is 88.4 Å². The zero-order valence-electron chi connectivity index (χ0n) is 11.8. The van der Waals surface area contributed by atoms with Gasteiger partial charge in [0.1, 0.15) is 11.5 Å². The highest BCUT2D eigenvalue weighted by Crippen LogP contribution is 2.47. The smallest absolute Gasteiger partial charge is 0.131 e. The van der Waals surface area contributed by atoms with Gasteiger partial charge < -0.3 is 10.5 Å². The zero-order chi connectivity index (χ0) is 15.1. The summed E-state index contributed by atoms with van der Waals surface area (Å²) in [4.78, 5) is 0. The molecule has 0 fully saturated rings. The molecule has 2 N–H and O–H groups in total. The molecule has 0 radical (unpaired) electrons. The molecule has 0 aliphatic carbocycles. The van der Waals surface area contributed by atoms with Gasteiger partial charge in [-0.1, -0.05) is 54.1 Å². The Morgan fingerprint density at radius 1 is 0.818 bits per heavy atom. The van der Waals surface area contributed by atoms with Crippen LogP contribution in [0.1, 0.15) is 22.6 Å². The van der Waals surface area contributed by atoms with Crippen LogP contribution in [0.15, 0.2) is 66.7 Å². The average molecular weight is 308 g/mol. The number of benzene rings is 3. The van der Waals surface area contributed by atoms with Gasteiger partial charge >= 0.3 is 0 Å². The first-order chi connectivity index (χ1) is 10.7. The summed E-state index contributed by atoms with van der Waals surface area (Å²) >= 11 is 6.23. The summed E-state index contributed by atoms with van der Waals surface area (Å²) in [6.45, 7) is 0. The predicted molar refractivity (Wildman–Crippen MR) is 89.8 cm³/mol. The number of nitrogens with two attached hydrogens (primary N) is 1. The van der Waals surface area contributed by atoms with Crippen LogP contribution in [0.2, 0.25) is 5.02 Å². The number of fused-ring (bicyclic) bond motifs is 2. The van der Waals surface area contributed by atoms with Crippen molar-refractivity contribution < 1.29 is 4.74 Å². The standard InChI is InChI=1S/C19H14ClNO/c20-15-11-12(9-10-16(15)21)19-13-5-1-3-7-17(13)22-18-8-4-2-6-14(18)19/h1-11,19H,21H2. The highest BCUT2D eigenvalue weighted by molar-refractivity contribution is 6.33. The molecule has 0 unspecified atom stereocenters. The van der Waals surface area contributed by atoms with Crippen molar-refractivity contribution in [1.82, 2.24) is 0 Å². The first kappa shape index (κ1) is 13.2. The van der Waals surface area contributed by atoms with Crippen molar-refractivity contribution in [3.8, 4) is 11.5 Å². The van der Waals surface area contributed by atoms with Crippen LogP contribution in [-0.4, -0.2) is 0 Å². The molecule has 0 spiro atoms. The molecular formula is C19H14ClNO. The second-order valence-corrected chi connectivity index (χ2v) is 5.80. The summed E-state index contributed by atoms with van der Waals surface area (Å²) in [5, 5.41) is 0.582. The molecule has 0 amide bonds. The van der Waals surface area contributed by atoms with Crippen LogP contribution in [0.4, 0.5) is 5.69 Å². The fraction of sp³-hybridized carbons (Fsp3) is 0.0526. The Labute approximate surface area is 134 Å². The Hall–Kier alpha value is -2.45. The lowest BCUT2D eigenvalue weighted by molar-refractivity contribution is 0.453. The third kappa shape index (κ3) is 2.04. The maximum Gasteiger partial charge on any atom is 0.131 e. The molecule has 0 saturated heterocycles. The monoisotopic (exact) mass is 307 g/mol. The van der Waals surface area contributed by atoms with Gasteiger partial charge in [-0.05, 0) is 29.8 Å². The molecule has 3 aromatic carbocycles. The average Bonchev–Trinajstić information content (AvgIpc) is 2.55. The number of nitrogen functional groups attached to an aromatic ring is 1. The van der Waals surface area contributed by atoms with E-state index in [9.17, 15) is 0 Å². The highest BCUT2D eigenvalue weighted by atomic mass is 35.5. The Morgan fingerprint density at radius 2 is 1.41 bits per heavy atom. The number of anilines is 1. The van der Waals surface area contributed by atoms with E-state index in [0.29, 0.717) is 10.7 Å². The molecule has 108 valence electrons. The summed E-state index contributed by atoms with van der Waals surface area (Å²) in [6.07, 6.45) is 0. The first-order valence-corrected chi connectivity index (χ1v) is 7.52. The van der Waals surface area contributed by atoms with Crippen molar-refractivity contribution >= 4 is 17.3 Å². The van der Waals surface area contributed by atoms with Gasteiger partial charge in [0.25, 0.3) is 0 Å². The van der Waals surface area contributed by atoms with Gasteiger partial charge in [0, 0.05) is 17.0 Å². The molecule has 1 aliphatic rings. The number of rotatable bonds is 1. The van der Waals surface area contributed by atoms with Gasteiger partial charge in [-0.2, -0.15) is 0 Å². The van der Waals surface area contributed by atoms with Gasteiger partial charge in [-0.25, -0.2) is 0 Å². The van der Waals surface area contributed by atoms with Crippen molar-refractivity contribution in [2.75, 3.05) is 5.73 Å². The van der Waals surface area contributed by atoms with E-state index in [1.165, 1.54) is 0 Å². The summed E-state index contributed by atoms with van der Waals surface area (Å²) in [6, 6.07) is 22.1. The minimum Gasteiger partial charge on any atom is -0.457 e. The van der Waals surface area contributed by atoms with Crippen molar-refractivity contribution in [2.24, 2.45) is 0 Å². The highest BCUT2D eigenvalue weighted by Gasteiger charge is 2.28. The van der Waals surface area contributed by atoms with Crippen LogP contribution >= 0.6 is 11.6 Å². The van der Waals surface area contributed by atoms with Crippen LogP contribution in [0.3, 0.4) is 0 Å². The van der Waals surface area contributed by atoms with Gasteiger partial charge in [0.05, 0.1) is 10.7 Å². The topological polar surface area (TPSA) is 35.2 Å². The van der Waals surface area contributed by atoms with E-state index in [0.717, 1.165) is 28.2 Å². The Kier molecular flexibility index (Phi) is 3.05.